The molecule has 2 N–H and O–H groups in total. The van der Waals surface area contributed by atoms with Gasteiger partial charge in [0, 0.05) is 12.0 Å². The fourth-order valence-electron chi connectivity index (χ4n) is 1.45. The van der Waals surface area contributed by atoms with E-state index in [0.29, 0.717) is 17.8 Å². The van der Waals surface area contributed by atoms with Crippen LogP contribution in [0.5, 0.6) is 0 Å². The minimum atomic E-state index is 0.366. The summed E-state index contributed by atoms with van der Waals surface area (Å²) in [6.07, 6.45) is 2.48. The highest BCUT2D eigenvalue weighted by atomic mass is 15.5. The van der Waals surface area contributed by atoms with Crippen LogP contribution < -0.4 is 5.73 Å². The molecular weight excluding hydrogens is 152 g/mol. The Morgan fingerprint density at radius 3 is 2.67 bits per heavy atom. The highest BCUT2D eigenvalue weighted by molar-refractivity contribution is 5.38. The second kappa shape index (κ2) is 2.47. The zero-order valence-corrected chi connectivity index (χ0v) is 7.49. The van der Waals surface area contributed by atoms with Gasteiger partial charge in [-0.05, 0) is 26.7 Å². The molecular formula is C8H14N4. The van der Waals surface area contributed by atoms with E-state index in [1.807, 2.05) is 4.68 Å². The number of rotatable bonds is 2. The third-order valence-corrected chi connectivity index (χ3v) is 2.21. The molecule has 1 saturated carbocycles. The van der Waals surface area contributed by atoms with Crippen molar-refractivity contribution >= 4 is 5.82 Å². The molecule has 1 aliphatic rings. The summed E-state index contributed by atoms with van der Waals surface area (Å²) in [6.45, 7) is 4.19. The highest BCUT2D eigenvalue weighted by Crippen LogP contribution is 2.42. The van der Waals surface area contributed by atoms with E-state index in [9.17, 15) is 0 Å². The van der Waals surface area contributed by atoms with Crippen LogP contribution >= 0.6 is 0 Å². The van der Waals surface area contributed by atoms with Crippen LogP contribution in [-0.4, -0.2) is 15.0 Å². The maximum absolute atomic E-state index is 5.73. The Hall–Kier alpha value is -1.06. The van der Waals surface area contributed by atoms with Gasteiger partial charge in [0.2, 0.25) is 0 Å². The predicted molar refractivity (Wildman–Crippen MR) is 46.8 cm³/mol. The molecule has 1 heterocycles. The zero-order chi connectivity index (χ0) is 8.72. The monoisotopic (exact) mass is 166 g/mol. The first-order valence-corrected chi connectivity index (χ1v) is 4.40. The molecule has 12 heavy (non-hydrogen) atoms. The molecule has 0 spiro atoms. The summed E-state index contributed by atoms with van der Waals surface area (Å²) in [4.78, 5) is 0. The minimum Gasteiger partial charge on any atom is -0.381 e. The van der Waals surface area contributed by atoms with Gasteiger partial charge in [-0.15, -0.1) is 5.10 Å². The van der Waals surface area contributed by atoms with Crippen molar-refractivity contribution in [1.29, 1.82) is 0 Å². The maximum atomic E-state index is 5.73. The van der Waals surface area contributed by atoms with E-state index >= 15 is 0 Å². The molecule has 1 fully saturated rings. The number of hydrogen-bond donors (Lipinski definition) is 1. The molecule has 4 nitrogen and oxygen atoms in total. The van der Waals surface area contributed by atoms with Crippen molar-refractivity contribution in [1.82, 2.24) is 15.0 Å². The van der Waals surface area contributed by atoms with E-state index in [1.54, 1.807) is 0 Å². The summed E-state index contributed by atoms with van der Waals surface area (Å²) in [6, 6.07) is 0.366. The Kier molecular flexibility index (Phi) is 1.56. The largest absolute Gasteiger partial charge is 0.381 e. The first-order chi connectivity index (χ1) is 5.70. The minimum absolute atomic E-state index is 0.366. The van der Waals surface area contributed by atoms with E-state index in [4.69, 9.17) is 5.73 Å². The lowest BCUT2D eigenvalue weighted by Crippen LogP contribution is -2.07. The summed E-state index contributed by atoms with van der Waals surface area (Å²) in [5, 5.41) is 7.91. The molecule has 0 bridgehead atoms. The molecule has 0 atom stereocenters. The molecule has 0 radical (unpaired) electrons. The predicted octanol–water partition coefficient (Wildman–Crippen LogP) is 1.32. The molecule has 2 rings (SSSR count). The lowest BCUT2D eigenvalue weighted by Gasteiger charge is -2.08. The van der Waals surface area contributed by atoms with Gasteiger partial charge in [-0.1, -0.05) is 5.21 Å². The molecule has 0 aromatic carbocycles. The molecule has 0 unspecified atom stereocenters. The maximum Gasteiger partial charge on any atom is 0.169 e. The standard InChI is InChI=1S/C8H14N4/c1-5(2)12-7(6-3-4-6)8(9)10-11-12/h5-6H,3-4,9H2,1-2H3. The number of aromatic nitrogens is 3. The molecule has 1 aliphatic carbocycles. The quantitative estimate of drug-likeness (QED) is 0.720. The number of anilines is 1. The fraction of sp³-hybridized carbons (Fsp3) is 0.750. The van der Waals surface area contributed by atoms with Gasteiger partial charge in [-0.25, -0.2) is 4.68 Å². The second-order valence-corrected chi connectivity index (χ2v) is 3.67. The first-order valence-electron chi connectivity index (χ1n) is 4.40. The van der Waals surface area contributed by atoms with Gasteiger partial charge in [0.1, 0.15) is 0 Å². The molecule has 1 aromatic heterocycles. The number of nitrogen functional groups attached to an aromatic ring is 1. The van der Waals surface area contributed by atoms with Crippen LogP contribution in [0.3, 0.4) is 0 Å². The van der Waals surface area contributed by atoms with Gasteiger partial charge in [0.05, 0.1) is 5.69 Å². The van der Waals surface area contributed by atoms with E-state index in [0.717, 1.165) is 5.69 Å². The molecule has 0 aliphatic heterocycles. The first kappa shape index (κ1) is 7.58. The third kappa shape index (κ3) is 1.07. The lowest BCUT2D eigenvalue weighted by atomic mass is 10.2. The average molecular weight is 166 g/mol. The average Bonchev–Trinajstić information content (AvgIpc) is 2.75. The summed E-state index contributed by atoms with van der Waals surface area (Å²) < 4.78 is 1.94. The van der Waals surface area contributed by atoms with E-state index in [2.05, 4.69) is 24.2 Å². The molecule has 0 amide bonds. The normalized spacial score (nSPS) is 17.2. The van der Waals surface area contributed by atoms with Crippen LogP contribution in [0.1, 0.15) is 44.3 Å². The van der Waals surface area contributed by atoms with Gasteiger partial charge < -0.3 is 5.73 Å². The highest BCUT2D eigenvalue weighted by Gasteiger charge is 2.31. The van der Waals surface area contributed by atoms with E-state index < -0.39 is 0 Å². The zero-order valence-electron chi connectivity index (χ0n) is 7.49. The van der Waals surface area contributed by atoms with Crippen molar-refractivity contribution in [3.8, 4) is 0 Å². The van der Waals surface area contributed by atoms with Crippen molar-refractivity contribution in [3.63, 3.8) is 0 Å². The van der Waals surface area contributed by atoms with Crippen LogP contribution in [-0.2, 0) is 0 Å². The molecule has 4 heteroatoms. The smallest absolute Gasteiger partial charge is 0.169 e. The Balaban J connectivity index is 2.39. The molecule has 0 saturated heterocycles. The third-order valence-electron chi connectivity index (χ3n) is 2.21. The van der Waals surface area contributed by atoms with Crippen molar-refractivity contribution in [2.45, 2.75) is 38.6 Å². The molecule has 66 valence electrons. The summed E-state index contributed by atoms with van der Waals surface area (Å²) in [7, 11) is 0. The second-order valence-electron chi connectivity index (χ2n) is 3.67. The Labute approximate surface area is 71.8 Å². The number of hydrogen-bond acceptors (Lipinski definition) is 3. The Bertz CT molecular complexity index is 285. The van der Waals surface area contributed by atoms with Crippen LogP contribution in [0.25, 0.3) is 0 Å². The van der Waals surface area contributed by atoms with Crippen LogP contribution in [0, 0.1) is 0 Å². The Morgan fingerprint density at radius 2 is 2.17 bits per heavy atom. The SMILES string of the molecule is CC(C)n1nnc(N)c1C1CC1. The summed E-state index contributed by atoms with van der Waals surface area (Å²) >= 11 is 0. The van der Waals surface area contributed by atoms with Crippen molar-refractivity contribution < 1.29 is 0 Å². The van der Waals surface area contributed by atoms with Crippen molar-refractivity contribution in [3.05, 3.63) is 5.69 Å². The lowest BCUT2D eigenvalue weighted by molar-refractivity contribution is 0.494. The molecule has 1 aromatic rings. The van der Waals surface area contributed by atoms with Gasteiger partial charge in [0.15, 0.2) is 5.82 Å². The van der Waals surface area contributed by atoms with Gasteiger partial charge in [-0.2, -0.15) is 0 Å². The number of nitrogens with two attached hydrogens (primary N) is 1. The fourth-order valence-corrected chi connectivity index (χ4v) is 1.45. The van der Waals surface area contributed by atoms with Gasteiger partial charge >= 0.3 is 0 Å². The topological polar surface area (TPSA) is 56.7 Å². The van der Waals surface area contributed by atoms with Crippen LogP contribution in [0.4, 0.5) is 5.82 Å². The van der Waals surface area contributed by atoms with Crippen LogP contribution in [0.2, 0.25) is 0 Å². The van der Waals surface area contributed by atoms with E-state index in [1.165, 1.54) is 12.8 Å². The van der Waals surface area contributed by atoms with Gasteiger partial charge in [-0.3, -0.25) is 0 Å². The summed E-state index contributed by atoms with van der Waals surface area (Å²) in [5.74, 6) is 1.24. The Morgan fingerprint density at radius 1 is 1.50 bits per heavy atom. The number of nitrogens with zero attached hydrogens (tertiary/aromatic N) is 3. The van der Waals surface area contributed by atoms with Gasteiger partial charge in [0.25, 0.3) is 0 Å². The van der Waals surface area contributed by atoms with Crippen molar-refractivity contribution in [2.24, 2.45) is 0 Å². The van der Waals surface area contributed by atoms with Crippen LogP contribution in [0.15, 0.2) is 0 Å². The van der Waals surface area contributed by atoms with E-state index in [-0.39, 0.29) is 0 Å². The van der Waals surface area contributed by atoms with Crippen molar-refractivity contribution in [2.75, 3.05) is 5.73 Å². The summed E-state index contributed by atoms with van der Waals surface area (Å²) in [5.41, 5.74) is 6.87.